The van der Waals surface area contributed by atoms with Gasteiger partial charge >= 0.3 is 0 Å². The molecule has 1 atom stereocenters. The van der Waals surface area contributed by atoms with Crippen LogP contribution < -0.4 is 10.5 Å². The Labute approximate surface area is 124 Å². The normalized spacial score (nSPS) is 14.7. The zero-order valence-corrected chi connectivity index (χ0v) is 13.0. The van der Waals surface area contributed by atoms with Gasteiger partial charge in [0, 0.05) is 0 Å². The summed E-state index contributed by atoms with van der Waals surface area (Å²) in [5, 5.41) is 0. The minimum atomic E-state index is -2.70. The van der Waals surface area contributed by atoms with E-state index in [9.17, 15) is 13.2 Å². The maximum atomic E-state index is 13.1. The zero-order valence-electron chi connectivity index (χ0n) is 11.4. The summed E-state index contributed by atoms with van der Waals surface area (Å²) in [6.45, 7) is 2.86. The van der Waals surface area contributed by atoms with E-state index in [2.05, 4.69) is 20.9 Å². The summed E-state index contributed by atoms with van der Waals surface area (Å²) in [5.74, 6) is 0.104. The van der Waals surface area contributed by atoms with Crippen LogP contribution in [-0.2, 0) is 0 Å². The summed E-state index contributed by atoms with van der Waals surface area (Å²) in [6.07, 6.45) is -1.12. The molecule has 1 unspecified atom stereocenters. The number of nitrogens with two attached hydrogens (primary N) is 1. The van der Waals surface area contributed by atoms with Crippen LogP contribution >= 0.6 is 15.9 Å². The molecule has 0 radical (unpaired) electrons. The number of halogens is 4. The molecule has 1 heterocycles. The summed E-state index contributed by atoms with van der Waals surface area (Å²) in [5.41, 5.74) is 4.41. The third-order valence-electron chi connectivity index (χ3n) is 2.70. The number of nitrogens with zero attached hydrogens (tertiary/aromatic N) is 1. The van der Waals surface area contributed by atoms with Gasteiger partial charge in [0.15, 0.2) is 0 Å². The molecule has 0 aliphatic carbocycles. The lowest BCUT2D eigenvalue weighted by Gasteiger charge is -2.28. The van der Waals surface area contributed by atoms with Crippen molar-refractivity contribution < 1.29 is 17.9 Å². The van der Waals surface area contributed by atoms with Crippen molar-refractivity contribution >= 4 is 15.9 Å². The highest BCUT2D eigenvalue weighted by Gasteiger charge is 2.28. The predicted octanol–water partition coefficient (Wildman–Crippen LogP) is 3.87. The molecule has 0 bridgehead atoms. The van der Waals surface area contributed by atoms with Gasteiger partial charge in [0.2, 0.25) is 0 Å². The lowest BCUT2D eigenvalue weighted by Crippen LogP contribution is -2.49. The first-order valence-corrected chi connectivity index (χ1v) is 6.98. The maximum Gasteiger partial charge on any atom is 0.267 e. The second-order valence-corrected chi connectivity index (χ2v) is 6.04. The molecule has 0 aliphatic heterocycles. The molecular formula is C13H18BrF3N2O. The van der Waals surface area contributed by atoms with Crippen molar-refractivity contribution in [1.82, 2.24) is 4.98 Å². The fourth-order valence-electron chi connectivity index (χ4n) is 1.91. The Morgan fingerprint density at radius 2 is 2.10 bits per heavy atom. The number of pyridine rings is 1. The molecule has 0 aromatic carbocycles. The van der Waals surface area contributed by atoms with E-state index in [0.29, 0.717) is 6.42 Å². The molecule has 2 N–H and O–H groups in total. The van der Waals surface area contributed by atoms with Crippen molar-refractivity contribution in [1.29, 1.82) is 0 Å². The summed E-state index contributed by atoms with van der Waals surface area (Å²) in [4.78, 5) is 3.83. The molecule has 3 nitrogen and oxygen atoms in total. The first-order chi connectivity index (χ1) is 9.27. The van der Waals surface area contributed by atoms with Crippen LogP contribution in [0.4, 0.5) is 13.2 Å². The highest BCUT2D eigenvalue weighted by Crippen LogP contribution is 2.31. The zero-order chi connectivity index (χ0) is 15.3. The molecule has 0 spiro atoms. The number of hydrogen-bond acceptors (Lipinski definition) is 3. The first kappa shape index (κ1) is 17.2. The van der Waals surface area contributed by atoms with E-state index in [1.165, 1.54) is 12.3 Å². The molecular weight excluding hydrogens is 337 g/mol. The highest BCUT2D eigenvalue weighted by molar-refractivity contribution is 9.10. The van der Waals surface area contributed by atoms with Crippen LogP contribution in [0.3, 0.4) is 0 Å². The number of ether oxygens (including phenoxy) is 1. The van der Waals surface area contributed by atoms with Gasteiger partial charge in [-0.15, -0.1) is 0 Å². The lowest BCUT2D eigenvalue weighted by molar-refractivity contribution is 0.131. The minimum absolute atomic E-state index is 0.0739. The Balaban J connectivity index is 2.83. The summed E-state index contributed by atoms with van der Waals surface area (Å²) in [6, 6.07) is 1.18. The average Bonchev–Trinajstić information content (AvgIpc) is 2.36. The van der Waals surface area contributed by atoms with Crippen molar-refractivity contribution in [2.45, 2.75) is 32.2 Å². The van der Waals surface area contributed by atoms with Crippen LogP contribution in [0.5, 0.6) is 5.75 Å². The maximum absolute atomic E-state index is 13.1. The Hall–Kier alpha value is -0.820. The van der Waals surface area contributed by atoms with Gasteiger partial charge in [0.05, 0.1) is 17.3 Å². The molecule has 1 aromatic heterocycles. The van der Waals surface area contributed by atoms with Crippen LogP contribution in [0.25, 0.3) is 0 Å². The molecule has 114 valence electrons. The highest BCUT2D eigenvalue weighted by atomic mass is 79.9. The fraction of sp³-hybridized carbons (Fsp3) is 0.615. The van der Waals surface area contributed by atoms with Gasteiger partial charge in [-0.3, -0.25) is 0 Å². The molecule has 1 rings (SSSR count). The van der Waals surface area contributed by atoms with E-state index >= 15 is 0 Å². The van der Waals surface area contributed by atoms with Crippen molar-refractivity contribution in [3.63, 3.8) is 0 Å². The topological polar surface area (TPSA) is 48.1 Å². The van der Waals surface area contributed by atoms with Crippen LogP contribution in [0.15, 0.2) is 16.9 Å². The van der Waals surface area contributed by atoms with E-state index in [1.807, 2.05) is 13.8 Å². The van der Waals surface area contributed by atoms with Gasteiger partial charge in [-0.05, 0) is 34.3 Å². The number of hydrogen-bond donors (Lipinski definition) is 1. The molecule has 0 aliphatic rings. The Bertz CT molecular complexity index is 446. The van der Waals surface area contributed by atoms with Crippen LogP contribution in [-0.4, -0.2) is 23.8 Å². The summed E-state index contributed by atoms with van der Waals surface area (Å²) in [7, 11) is 0. The molecule has 0 fully saturated rings. The summed E-state index contributed by atoms with van der Waals surface area (Å²) >= 11 is 3.02. The third-order valence-corrected chi connectivity index (χ3v) is 3.13. The van der Waals surface area contributed by atoms with Gasteiger partial charge in [-0.25, -0.2) is 18.2 Å². The molecule has 0 saturated heterocycles. The van der Waals surface area contributed by atoms with Gasteiger partial charge < -0.3 is 10.5 Å². The Kier molecular flexibility index (Phi) is 6.26. The van der Waals surface area contributed by atoms with E-state index in [1.54, 1.807) is 0 Å². The molecule has 0 amide bonds. The molecule has 0 saturated carbocycles. The van der Waals surface area contributed by atoms with Crippen molar-refractivity contribution in [2.24, 2.45) is 11.7 Å². The Morgan fingerprint density at radius 1 is 1.45 bits per heavy atom. The minimum Gasteiger partial charge on any atom is -0.489 e. The summed E-state index contributed by atoms with van der Waals surface area (Å²) < 4.78 is 44.4. The SMILES string of the molecule is CC(C)CC(N)(CF)COc1cnc(Br)cc1C(F)F. The third kappa shape index (κ3) is 4.94. The Morgan fingerprint density at radius 3 is 2.60 bits per heavy atom. The lowest BCUT2D eigenvalue weighted by atomic mass is 9.92. The van der Waals surface area contributed by atoms with E-state index < -0.39 is 18.6 Å². The van der Waals surface area contributed by atoms with E-state index in [-0.39, 0.29) is 28.4 Å². The van der Waals surface area contributed by atoms with Crippen molar-refractivity contribution in [2.75, 3.05) is 13.3 Å². The largest absolute Gasteiger partial charge is 0.489 e. The second-order valence-electron chi connectivity index (χ2n) is 5.23. The monoisotopic (exact) mass is 354 g/mol. The average molecular weight is 355 g/mol. The second kappa shape index (κ2) is 7.26. The van der Waals surface area contributed by atoms with Gasteiger partial charge in [-0.2, -0.15) is 0 Å². The quantitative estimate of drug-likeness (QED) is 0.756. The van der Waals surface area contributed by atoms with Gasteiger partial charge in [0.1, 0.15) is 23.6 Å². The molecule has 20 heavy (non-hydrogen) atoms. The number of alkyl halides is 3. The van der Waals surface area contributed by atoms with E-state index in [4.69, 9.17) is 10.5 Å². The van der Waals surface area contributed by atoms with Crippen LogP contribution in [0, 0.1) is 5.92 Å². The number of rotatable bonds is 7. The molecule has 7 heteroatoms. The van der Waals surface area contributed by atoms with E-state index in [0.717, 1.165) is 0 Å². The fourth-order valence-corrected chi connectivity index (χ4v) is 2.26. The van der Waals surface area contributed by atoms with Gasteiger partial charge in [0.25, 0.3) is 6.43 Å². The number of aromatic nitrogens is 1. The molecule has 1 aromatic rings. The van der Waals surface area contributed by atoms with Crippen LogP contribution in [0.1, 0.15) is 32.3 Å². The van der Waals surface area contributed by atoms with Crippen molar-refractivity contribution in [3.05, 3.63) is 22.4 Å². The van der Waals surface area contributed by atoms with Crippen LogP contribution in [0.2, 0.25) is 0 Å². The first-order valence-electron chi connectivity index (χ1n) is 6.18. The standard InChI is InChI=1S/C13H18BrF3N2O/c1-8(2)4-13(18,6-15)7-20-10-5-19-11(14)3-9(10)12(16)17/h3,5,8,12H,4,6-7,18H2,1-2H3. The smallest absolute Gasteiger partial charge is 0.267 e. The predicted molar refractivity (Wildman–Crippen MR) is 74.7 cm³/mol. The van der Waals surface area contributed by atoms with Crippen molar-refractivity contribution in [3.8, 4) is 5.75 Å². The van der Waals surface area contributed by atoms with Gasteiger partial charge in [-0.1, -0.05) is 13.8 Å².